The van der Waals surface area contributed by atoms with Gasteiger partial charge in [0.05, 0.1) is 6.54 Å². The number of benzene rings is 1. The van der Waals surface area contributed by atoms with Crippen molar-refractivity contribution in [2.24, 2.45) is 4.99 Å². The minimum absolute atomic E-state index is 0.207. The normalized spacial score (nSPS) is 21.5. The number of hydrogen-bond acceptors (Lipinski definition) is 3. The lowest BCUT2D eigenvalue weighted by Crippen LogP contribution is -2.62. The fraction of sp³-hybridized carbons (Fsp3) is 0.682. The van der Waals surface area contributed by atoms with E-state index in [-0.39, 0.29) is 11.4 Å². The van der Waals surface area contributed by atoms with Crippen molar-refractivity contribution in [3.8, 4) is 0 Å². The number of guanidine groups is 1. The summed E-state index contributed by atoms with van der Waals surface area (Å²) < 4.78 is 13.4. The van der Waals surface area contributed by atoms with Gasteiger partial charge < -0.3 is 15.5 Å². The Bertz CT molecular complexity index is 634. The highest BCUT2D eigenvalue weighted by Gasteiger charge is 2.39. The van der Waals surface area contributed by atoms with Gasteiger partial charge >= 0.3 is 0 Å². The molecule has 2 aliphatic heterocycles. The van der Waals surface area contributed by atoms with E-state index in [1.165, 1.54) is 51.3 Å². The van der Waals surface area contributed by atoms with Crippen molar-refractivity contribution in [3.63, 3.8) is 0 Å². The van der Waals surface area contributed by atoms with Gasteiger partial charge in [-0.05, 0) is 83.5 Å². The zero-order chi connectivity index (χ0) is 19.8. The molecule has 0 radical (unpaired) electrons. The summed E-state index contributed by atoms with van der Waals surface area (Å²) >= 11 is 0. The minimum atomic E-state index is -0.207. The topological polar surface area (TPSA) is 42.9 Å². The lowest BCUT2D eigenvalue weighted by Gasteiger charge is -2.50. The van der Waals surface area contributed by atoms with Crippen molar-refractivity contribution in [2.75, 3.05) is 46.3 Å². The minimum Gasteiger partial charge on any atom is -0.357 e. The molecule has 0 bridgehead atoms. The standard InChI is InChI=1S/C22H36FN5/c1-3-24-21(25-17-19-8-7-9-20(23)16-19)26-18-22(10-14-27(2)15-11-22)28-12-5-4-6-13-28/h7-9,16H,3-6,10-15,17-18H2,1-2H3,(H2,24,25,26). The monoisotopic (exact) mass is 389 g/mol. The van der Waals surface area contributed by atoms with Crippen LogP contribution in [0.3, 0.4) is 0 Å². The molecule has 28 heavy (non-hydrogen) atoms. The van der Waals surface area contributed by atoms with Gasteiger partial charge in [0, 0.05) is 18.6 Å². The predicted molar refractivity (Wildman–Crippen MR) is 114 cm³/mol. The van der Waals surface area contributed by atoms with Crippen LogP contribution in [0.1, 0.15) is 44.6 Å². The predicted octanol–water partition coefficient (Wildman–Crippen LogP) is 2.83. The number of hydrogen-bond donors (Lipinski definition) is 2. The Morgan fingerprint density at radius 1 is 1.11 bits per heavy atom. The maximum Gasteiger partial charge on any atom is 0.191 e. The van der Waals surface area contributed by atoms with E-state index in [0.29, 0.717) is 6.54 Å². The second-order valence-corrected chi connectivity index (χ2v) is 8.25. The average molecular weight is 390 g/mol. The van der Waals surface area contributed by atoms with Crippen LogP contribution in [0.2, 0.25) is 0 Å². The molecule has 1 aromatic rings. The number of halogens is 1. The van der Waals surface area contributed by atoms with E-state index in [2.05, 4.69) is 34.4 Å². The Kier molecular flexibility index (Phi) is 7.68. The second-order valence-electron chi connectivity index (χ2n) is 8.25. The zero-order valence-electron chi connectivity index (χ0n) is 17.5. The van der Waals surface area contributed by atoms with Gasteiger partial charge in [-0.15, -0.1) is 0 Å². The van der Waals surface area contributed by atoms with Crippen molar-refractivity contribution in [1.29, 1.82) is 0 Å². The van der Waals surface area contributed by atoms with E-state index in [9.17, 15) is 4.39 Å². The van der Waals surface area contributed by atoms with Gasteiger partial charge in [0.15, 0.2) is 5.96 Å². The van der Waals surface area contributed by atoms with Gasteiger partial charge in [0.1, 0.15) is 5.82 Å². The van der Waals surface area contributed by atoms with Crippen LogP contribution in [-0.4, -0.2) is 67.6 Å². The highest BCUT2D eigenvalue weighted by molar-refractivity contribution is 5.79. The van der Waals surface area contributed by atoms with Gasteiger partial charge in [-0.1, -0.05) is 18.6 Å². The number of nitrogens with one attached hydrogen (secondary N) is 2. The molecule has 3 rings (SSSR count). The fourth-order valence-corrected chi connectivity index (χ4v) is 4.40. The van der Waals surface area contributed by atoms with Crippen LogP contribution in [0.25, 0.3) is 0 Å². The van der Waals surface area contributed by atoms with Gasteiger partial charge in [-0.25, -0.2) is 9.38 Å². The second kappa shape index (κ2) is 10.2. The van der Waals surface area contributed by atoms with Crippen LogP contribution < -0.4 is 10.6 Å². The highest BCUT2D eigenvalue weighted by atomic mass is 19.1. The first kappa shape index (κ1) is 21.1. The smallest absolute Gasteiger partial charge is 0.191 e. The maximum atomic E-state index is 13.4. The van der Waals surface area contributed by atoms with Crippen molar-refractivity contribution in [3.05, 3.63) is 35.6 Å². The average Bonchev–Trinajstić information content (AvgIpc) is 2.72. The molecule has 156 valence electrons. The SMILES string of the molecule is CCNC(=NCc1cccc(F)c1)NCC1(N2CCCCC2)CCN(C)CC1. The van der Waals surface area contributed by atoms with Gasteiger partial charge in [0.25, 0.3) is 0 Å². The van der Waals surface area contributed by atoms with E-state index in [4.69, 9.17) is 4.99 Å². The largest absolute Gasteiger partial charge is 0.357 e. The van der Waals surface area contributed by atoms with Crippen molar-refractivity contribution >= 4 is 5.96 Å². The summed E-state index contributed by atoms with van der Waals surface area (Å²) in [4.78, 5) is 9.86. The van der Waals surface area contributed by atoms with Crippen LogP contribution in [0.5, 0.6) is 0 Å². The van der Waals surface area contributed by atoms with Crippen molar-refractivity contribution < 1.29 is 4.39 Å². The summed E-state index contributed by atoms with van der Waals surface area (Å²) in [6.07, 6.45) is 6.37. The molecule has 2 saturated heterocycles. The summed E-state index contributed by atoms with van der Waals surface area (Å²) in [5, 5.41) is 6.97. The molecule has 0 amide bonds. The van der Waals surface area contributed by atoms with Crippen LogP contribution in [0, 0.1) is 5.82 Å². The molecule has 2 aliphatic rings. The summed E-state index contributed by atoms with van der Waals surface area (Å²) in [6, 6.07) is 6.69. The summed E-state index contributed by atoms with van der Waals surface area (Å²) in [5.74, 6) is 0.614. The van der Waals surface area contributed by atoms with E-state index >= 15 is 0 Å². The van der Waals surface area contributed by atoms with Crippen molar-refractivity contribution in [1.82, 2.24) is 20.4 Å². The summed E-state index contributed by atoms with van der Waals surface area (Å²) in [7, 11) is 2.22. The molecule has 2 heterocycles. The van der Waals surface area contributed by atoms with Gasteiger partial charge in [-0.2, -0.15) is 0 Å². The van der Waals surface area contributed by atoms with Crippen LogP contribution in [0.15, 0.2) is 29.3 Å². The first-order chi connectivity index (χ1) is 13.6. The number of aliphatic imine (C=N–C) groups is 1. The number of piperidine rings is 2. The summed E-state index contributed by atoms with van der Waals surface area (Å²) in [5.41, 5.74) is 1.10. The van der Waals surface area contributed by atoms with E-state index in [1.807, 2.05) is 6.07 Å². The van der Waals surface area contributed by atoms with E-state index < -0.39 is 0 Å². The van der Waals surface area contributed by atoms with Crippen LogP contribution >= 0.6 is 0 Å². The summed E-state index contributed by atoms with van der Waals surface area (Å²) in [6.45, 7) is 9.00. The third-order valence-corrected chi connectivity index (χ3v) is 6.18. The quantitative estimate of drug-likeness (QED) is 0.580. The lowest BCUT2D eigenvalue weighted by atomic mass is 9.84. The molecule has 2 fully saturated rings. The molecule has 1 aromatic carbocycles. The first-order valence-electron chi connectivity index (χ1n) is 10.8. The molecule has 0 spiro atoms. The van der Waals surface area contributed by atoms with Gasteiger partial charge in [-0.3, -0.25) is 4.90 Å². The Hall–Kier alpha value is -1.66. The fourth-order valence-electron chi connectivity index (χ4n) is 4.40. The van der Waals surface area contributed by atoms with Gasteiger partial charge in [0.2, 0.25) is 0 Å². The molecule has 0 unspecified atom stereocenters. The molecule has 5 nitrogen and oxygen atoms in total. The molecule has 2 N–H and O–H groups in total. The van der Waals surface area contributed by atoms with Crippen molar-refractivity contribution in [2.45, 2.75) is 51.1 Å². The number of nitrogens with zero attached hydrogens (tertiary/aromatic N) is 3. The lowest BCUT2D eigenvalue weighted by molar-refractivity contribution is 0.0173. The molecule has 0 atom stereocenters. The Morgan fingerprint density at radius 2 is 1.86 bits per heavy atom. The molecular formula is C22H36FN5. The Balaban J connectivity index is 1.67. The molecule has 0 aliphatic carbocycles. The van der Waals surface area contributed by atoms with E-state index in [1.54, 1.807) is 12.1 Å². The maximum absolute atomic E-state index is 13.4. The molecule has 0 aromatic heterocycles. The number of likely N-dealkylation sites (tertiary alicyclic amines) is 2. The molecule has 6 heteroatoms. The highest BCUT2D eigenvalue weighted by Crippen LogP contribution is 2.30. The Morgan fingerprint density at radius 3 is 2.54 bits per heavy atom. The van der Waals surface area contributed by atoms with E-state index in [0.717, 1.165) is 37.7 Å². The zero-order valence-corrected chi connectivity index (χ0v) is 17.5. The third-order valence-electron chi connectivity index (χ3n) is 6.18. The third kappa shape index (κ3) is 5.67. The molecular weight excluding hydrogens is 353 g/mol. The van der Waals surface area contributed by atoms with Crippen LogP contribution in [0.4, 0.5) is 4.39 Å². The number of rotatable bonds is 6. The Labute approximate surface area is 169 Å². The van der Waals surface area contributed by atoms with Crippen LogP contribution in [-0.2, 0) is 6.54 Å². The molecule has 0 saturated carbocycles. The first-order valence-corrected chi connectivity index (χ1v) is 10.8.